The van der Waals surface area contributed by atoms with Gasteiger partial charge in [-0.2, -0.15) is 0 Å². The van der Waals surface area contributed by atoms with Crippen LogP contribution in [0.2, 0.25) is 0 Å². The summed E-state index contributed by atoms with van der Waals surface area (Å²) in [6, 6.07) is 0.0185. The second-order valence-electron chi connectivity index (χ2n) is 1.25. The Morgan fingerprint density at radius 2 is 2.29 bits per heavy atom. The third kappa shape index (κ3) is 6.17. The minimum atomic E-state index is 0. The molecule has 0 spiro atoms. The molecule has 0 aliphatic carbocycles. The van der Waals surface area contributed by atoms with Crippen molar-refractivity contribution in [1.29, 1.82) is 0 Å². The summed E-state index contributed by atoms with van der Waals surface area (Å²) in [6.07, 6.45) is 0. The van der Waals surface area contributed by atoms with E-state index in [9.17, 15) is 0 Å². The second-order valence-corrected chi connectivity index (χ2v) is 1.25. The van der Waals surface area contributed by atoms with Crippen LogP contribution in [-0.2, 0) is 0 Å². The Bertz CT molecular complexity index is 32.1. The Kier molecular flexibility index (Phi) is 9.00. The number of hydrogen-bond donors (Lipinski definition) is 3. The topological polar surface area (TPSA) is 58.3 Å². The van der Waals surface area contributed by atoms with Crippen LogP contribution in [0.1, 0.15) is 6.92 Å². The van der Waals surface area contributed by atoms with Crippen LogP contribution in [0.15, 0.2) is 0 Å². The maximum Gasteiger partial charge on any atom is 0.0595 e. The Labute approximate surface area is 49.3 Å². The number of rotatable bonds is 2. The number of aliphatic hydroxyl groups is 1. The minimum Gasteiger partial charge on any atom is -0.395 e. The minimum absolute atomic E-state index is 0. The van der Waals surface area contributed by atoms with Crippen LogP contribution in [-0.4, -0.2) is 17.8 Å². The highest BCUT2D eigenvalue weighted by Crippen LogP contribution is 1.68. The highest BCUT2D eigenvalue weighted by molar-refractivity contribution is 5.85. The molecule has 0 aliphatic heterocycles. The van der Waals surface area contributed by atoms with Crippen molar-refractivity contribution in [2.75, 3.05) is 6.61 Å². The number of nitrogens with one attached hydrogen (secondary N) is 1. The zero-order valence-corrected chi connectivity index (χ0v) is 5.03. The van der Waals surface area contributed by atoms with Crippen molar-refractivity contribution < 1.29 is 5.11 Å². The fourth-order valence-electron chi connectivity index (χ4n) is 0.0527. The molecule has 0 aromatic carbocycles. The zero-order chi connectivity index (χ0) is 4.99. The van der Waals surface area contributed by atoms with Gasteiger partial charge in [-0.3, -0.25) is 11.3 Å². The predicted molar refractivity (Wildman–Crippen MR) is 31.1 cm³/mol. The van der Waals surface area contributed by atoms with Crippen molar-refractivity contribution in [3.63, 3.8) is 0 Å². The van der Waals surface area contributed by atoms with Crippen LogP contribution in [0.25, 0.3) is 0 Å². The lowest BCUT2D eigenvalue weighted by molar-refractivity contribution is 0.253. The van der Waals surface area contributed by atoms with Gasteiger partial charge >= 0.3 is 0 Å². The van der Waals surface area contributed by atoms with E-state index >= 15 is 0 Å². The molecule has 1 unspecified atom stereocenters. The summed E-state index contributed by atoms with van der Waals surface area (Å²) < 4.78 is 0. The van der Waals surface area contributed by atoms with Gasteiger partial charge in [0, 0.05) is 6.04 Å². The van der Waals surface area contributed by atoms with E-state index in [4.69, 9.17) is 10.9 Å². The van der Waals surface area contributed by atoms with E-state index in [-0.39, 0.29) is 25.1 Å². The van der Waals surface area contributed by atoms with Crippen LogP contribution in [0, 0.1) is 0 Å². The molecule has 0 heterocycles. The summed E-state index contributed by atoms with van der Waals surface area (Å²) in [7, 11) is 0. The monoisotopic (exact) mass is 126 g/mol. The molecular weight excluding hydrogens is 115 g/mol. The van der Waals surface area contributed by atoms with Gasteiger partial charge in [0.05, 0.1) is 6.61 Å². The Morgan fingerprint density at radius 3 is 2.29 bits per heavy atom. The molecule has 0 aromatic rings. The Balaban J connectivity index is 0. The highest BCUT2D eigenvalue weighted by Gasteiger charge is 1.88. The standard InChI is InChI=1S/C3H10N2O.ClH/c1-3(2-6)5-4;/h3,5-6H,2,4H2,1H3;1H. The number of nitrogens with two attached hydrogens (primary N) is 1. The van der Waals surface area contributed by atoms with Gasteiger partial charge in [0.15, 0.2) is 0 Å². The van der Waals surface area contributed by atoms with Gasteiger partial charge in [-0.1, -0.05) is 0 Å². The summed E-state index contributed by atoms with van der Waals surface area (Å²) in [5.41, 5.74) is 2.36. The first-order valence-electron chi connectivity index (χ1n) is 1.88. The maximum absolute atomic E-state index is 8.19. The van der Waals surface area contributed by atoms with Gasteiger partial charge in [0.1, 0.15) is 0 Å². The number of hydrazine groups is 1. The van der Waals surface area contributed by atoms with Crippen LogP contribution >= 0.6 is 12.4 Å². The molecule has 0 fully saturated rings. The highest BCUT2D eigenvalue weighted by atomic mass is 35.5. The molecule has 0 radical (unpaired) electrons. The van der Waals surface area contributed by atoms with Crippen LogP contribution in [0.4, 0.5) is 0 Å². The smallest absolute Gasteiger partial charge is 0.0595 e. The van der Waals surface area contributed by atoms with Crippen molar-refractivity contribution in [2.45, 2.75) is 13.0 Å². The second kappa shape index (κ2) is 6.17. The molecule has 0 rings (SSSR count). The molecule has 0 saturated heterocycles. The normalized spacial score (nSPS) is 12.4. The molecule has 0 bridgehead atoms. The average molecular weight is 127 g/mol. The van der Waals surface area contributed by atoms with E-state index in [1.165, 1.54) is 0 Å². The van der Waals surface area contributed by atoms with E-state index in [0.29, 0.717) is 0 Å². The molecule has 4 heteroatoms. The SMILES string of the molecule is CC(CO)NN.Cl. The quantitative estimate of drug-likeness (QED) is 0.337. The zero-order valence-electron chi connectivity index (χ0n) is 4.22. The van der Waals surface area contributed by atoms with Gasteiger partial charge in [0.25, 0.3) is 0 Å². The van der Waals surface area contributed by atoms with Crippen molar-refractivity contribution >= 4 is 12.4 Å². The van der Waals surface area contributed by atoms with Gasteiger partial charge < -0.3 is 5.11 Å². The molecule has 0 aliphatic rings. The molecule has 0 saturated carbocycles. The predicted octanol–water partition coefficient (Wildman–Crippen LogP) is -0.748. The fraction of sp³-hybridized carbons (Fsp3) is 1.00. The van der Waals surface area contributed by atoms with Crippen LogP contribution in [0.3, 0.4) is 0 Å². The molecule has 1 atom stereocenters. The van der Waals surface area contributed by atoms with E-state index in [1.54, 1.807) is 6.92 Å². The third-order valence-electron chi connectivity index (χ3n) is 0.558. The third-order valence-corrected chi connectivity index (χ3v) is 0.558. The summed E-state index contributed by atoms with van der Waals surface area (Å²) in [6.45, 7) is 1.89. The molecule has 3 nitrogen and oxygen atoms in total. The van der Waals surface area contributed by atoms with Gasteiger partial charge in [-0.05, 0) is 6.92 Å². The molecular formula is C3H11ClN2O. The summed E-state index contributed by atoms with van der Waals surface area (Å²) >= 11 is 0. The van der Waals surface area contributed by atoms with Crippen molar-refractivity contribution in [1.82, 2.24) is 5.43 Å². The Hall–Kier alpha value is 0.170. The lowest BCUT2D eigenvalue weighted by Gasteiger charge is -2.01. The number of halogens is 1. The van der Waals surface area contributed by atoms with E-state index in [1.807, 2.05) is 0 Å². The van der Waals surface area contributed by atoms with Crippen molar-refractivity contribution in [2.24, 2.45) is 5.84 Å². The number of hydrogen-bond acceptors (Lipinski definition) is 3. The first kappa shape index (κ1) is 10.2. The van der Waals surface area contributed by atoms with E-state index in [2.05, 4.69) is 5.43 Å². The lowest BCUT2D eigenvalue weighted by Crippen LogP contribution is -2.34. The maximum atomic E-state index is 8.19. The molecule has 7 heavy (non-hydrogen) atoms. The van der Waals surface area contributed by atoms with E-state index in [0.717, 1.165) is 0 Å². The first-order valence-corrected chi connectivity index (χ1v) is 1.88. The lowest BCUT2D eigenvalue weighted by atomic mass is 10.4. The molecule has 0 aromatic heterocycles. The van der Waals surface area contributed by atoms with Crippen molar-refractivity contribution in [3.8, 4) is 0 Å². The first-order chi connectivity index (χ1) is 2.81. The van der Waals surface area contributed by atoms with Crippen molar-refractivity contribution in [3.05, 3.63) is 0 Å². The van der Waals surface area contributed by atoms with Gasteiger partial charge in [0.2, 0.25) is 0 Å². The van der Waals surface area contributed by atoms with E-state index < -0.39 is 0 Å². The molecule has 4 N–H and O–H groups in total. The van der Waals surface area contributed by atoms with Crippen LogP contribution in [0.5, 0.6) is 0 Å². The van der Waals surface area contributed by atoms with Crippen LogP contribution < -0.4 is 11.3 Å². The van der Waals surface area contributed by atoms with Gasteiger partial charge in [-0.25, -0.2) is 0 Å². The largest absolute Gasteiger partial charge is 0.395 e. The summed E-state index contributed by atoms with van der Waals surface area (Å²) in [5.74, 6) is 4.87. The number of aliphatic hydroxyl groups excluding tert-OH is 1. The summed E-state index contributed by atoms with van der Waals surface area (Å²) in [5, 5.41) is 8.19. The molecule has 46 valence electrons. The Morgan fingerprint density at radius 1 is 1.86 bits per heavy atom. The molecule has 0 amide bonds. The fourth-order valence-corrected chi connectivity index (χ4v) is 0.0527. The summed E-state index contributed by atoms with van der Waals surface area (Å²) in [4.78, 5) is 0. The average Bonchev–Trinajstić information content (AvgIpc) is 1.65. The van der Waals surface area contributed by atoms with Gasteiger partial charge in [-0.15, -0.1) is 12.4 Å².